The summed E-state index contributed by atoms with van der Waals surface area (Å²) >= 11 is 0. The van der Waals surface area contributed by atoms with Gasteiger partial charge in [-0.3, -0.25) is 0 Å². The van der Waals surface area contributed by atoms with Crippen LogP contribution in [0.15, 0.2) is 6.07 Å². The van der Waals surface area contributed by atoms with E-state index in [0.29, 0.717) is 12.0 Å². The summed E-state index contributed by atoms with van der Waals surface area (Å²) in [5.41, 5.74) is 5.85. The number of hydrogen-bond acceptors (Lipinski definition) is 6. The van der Waals surface area contributed by atoms with E-state index in [1.54, 1.807) is 0 Å². The zero-order chi connectivity index (χ0) is 14.5. The maximum atomic E-state index is 5.85. The third-order valence-electron chi connectivity index (χ3n) is 3.53. The Balaban J connectivity index is 2.15. The van der Waals surface area contributed by atoms with Crippen LogP contribution in [0.1, 0.15) is 26.2 Å². The molecule has 1 aromatic rings. The maximum Gasteiger partial charge on any atom is 0.223 e. The van der Waals surface area contributed by atoms with Crippen molar-refractivity contribution in [3.05, 3.63) is 6.07 Å². The van der Waals surface area contributed by atoms with Crippen LogP contribution in [0, 0.1) is 0 Å². The molecule has 112 valence electrons. The van der Waals surface area contributed by atoms with Gasteiger partial charge in [0, 0.05) is 31.7 Å². The van der Waals surface area contributed by atoms with E-state index in [2.05, 4.69) is 46.1 Å². The van der Waals surface area contributed by atoms with Gasteiger partial charge in [0.1, 0.15) is 11.6 Å². The summed E-state index contributed by atoms with van der Waals surface area (Å²) in [4.78, 5) is 13.2. The molecule has 0 amide bonds. The molecule has 0 aliphatic carbocycles. The Bertz CT molecular complexity index is 434. The van der Waals surface area contributed by atoms with E-state index < -0.39 is 0 Å². The van der Waals surface area contributed by atoms with E-state index in [9.17, 15) is 0 Å². The molecule has 1 atom stereocenters. The first-order valence-corrected chi connectivity index (χ1v) is 7.40. The summed E-state index contributed by atoms with van der Waals surface area (Å²) in [5.74, 6) is 2.11. The Morgan fingerprint density at radius 3 is 2.95 bits per heavy atom. The summed E-state index contributed by atoms with van der Waals surface area (Å²) in [6.07, 6.45) is 3.48. The molecule has 1 aliphatic heterocycles. The zero-order valence-electron chi connectivity index (χ0n) is 12.8. The molecular formula is C14H26N6. The fourth-order valence-corrected chi connectivity index (χ4v) is 2.69. The third-order valence-corrected chi connectivity index (χ3v) is 3.53. The van der Waals surface area contributed by atoms with Crippen LogP contribution in [0.5, 0.6) is 0 Å². The summed E-state index contributed by atoms with van der Waals surface area (Å²) in [7, 11) is 4.22. The number of nitrogen functional groups attached to an aromatic ring is 1. The van der Waals surface area contributed by atoms with Gasteiger partial charge in [-0.2, -0.15) is 9.97 Å². The van der Waals surface area contributed by atoms with Crippen LogP contribution in [0.3, 0.4) is 0 Å². The second-order valence-electron chi connectivity index (χ2n) is 5.65. The fourth-order valence-electron chi connectivity index (χ4n) is 2.69. The molecule has 6 nitrogen and oxygen atoms in total. The van der Waals surface area contributed by atoms with Gasteiger partial charge in [0.25, 0.3) is 0 Å². The minimum atomic E-state index is 0.344. The first-order valence-electron chi connectivity index (χ1n) is 7.40. The van der Waals surface area contributed by atoms with Crippen molar-refractivity contribution in [1.82, 2.24) is 14.9 Å². The highest BCUT2D eigenvalue weighted by Gasteiger charge is 2.26. The summed E-state index contributed by atoms with van der Waals surface area (Å²) in [5, 5.41) is 3.29. The smallest absolute Gasteiger partial charge is 0.223 e. The number of rotatable bonds is 6. The second kappa shape index (κ2) is 6.74. The summed E-state index contributed by atoms with van der Waals surface area (Å²) in [6, 6.07) is 2.53. The molecule has 2 heterocycles. The average molecular weight is 278 g/mol. The zero-order valence-corrected chi connectivity index (χ0v) is 12.8. The highest BCUT2D eigenvalue weighted by molar-refractivity contribution is 5.53. The quantitative estimate of drug-likeness (QED) is 0.820. The van der Waals surface area contributed by atoms with E-state index in [0.717, 1.165) is 37.7 Å². The van der Waals surface area contributed by atoms with Gasteiger partial charge in [-0.25, -0.2) is 0 Å². The van der Waals surface area contributed by atoms with Crippen molar-refractivity contribution in [3.8, 4) is 0 Å². The number of anilines is 3. The molecule has 20 heavy (non-hydrogen) atoms. The van der Waals surface area contributed by atoms with Crippen molar-refractivity contribution in [2.45, 2.75) is 32.2 Å². The van der Waals surface area contributed by atoms with Crippen LogP contribution in [0.2, 0.25) is 0 Å². The van der Waals surface area contributed by atoms with Crippen LogP contribution >= 0.6 is 0 Å². The van der Waals surface area contributed by atoms with Gasteiger partial charge in [-0.1, -0.05) is 6.92 Å². The van der Waals surface area contributed by atoms with Crippen LogP contribution in [0.25, 0.3) is 0 Å². The monoisotopic (exact) mass is 278 g/mol. The van der Waals surface area contributed by atoms with E-state index in [-0.39, 0.29) is 0 Å². The Hall–Kier alpha value is -1.56. The minimum absolute atomic E-state index is 0.344. The van der Waals surface area contributed by atoms with E-state index in [1.807, 2.05) is 6.07 Å². The lowest BCUT2D eigenvalue weighted by Gasteiger charge is -2.28. The molecule has 1 aliphatic rings. The molecular weight excluding hydrogens is 252 g/mol. The number of likely N-dealkylation sites (N-methyl/N-ethyl adjacent to an activating group) is 1. The van der Waals surface area contributed by atoms with Crippen LogP contribution < -0.4 is 16.0 Å². The Morgan fingerprint density at radius 1 is 1.45 bits per heavy atom. The first-order chi connectivity index (χ1) is 9.60. The van der Waals surface area contributed by atoms with Crippen molar-refractivity contribution in [2.75, 3.05) is 49.7 Å². The molecule has 1 unspecified atom stereocenters. The predicted molar refractivity (Wildman–Crippen MR) is 84.1 cm³/mol. The molecule has 6 heteroatoms. The van der Waals surface area contributed by atoms with E-state index >= 15 is 0 Å². The van der Waals surface area contributed by atoms with Crippen molar-refractivity contribution in [2.24, 2.45) is 0 Å². The summed E-state index contributed by atoms with van der Waals surface area (Å²) in [6.45, 7) is 5.12. The van der Waals surface area contributed by atoms with Crippen LogP contribution in [-0.4, -0.2) is 54.6 Å². The number of hydrogen-bond donors (Lipinski definition) is 2. The second-order valence-corrected chi connectivity index (χ2v) is 5.65. The van der Waals surface area contributed by atoms with E-state index in [1.165, 1.54) is 12.8 Å². The molecule has 1 saturated heterocycles. The van der Waals surface area contributed by atoms with Gasteiger partial charge in [-0.05, 0) is 33.4 Å². The molecule has 0 radical (unpaired) electrons. The normalized spacial score (nSPS) is 18.8. The highest BCUT2D eigenvalue weighted by Crippen LogP contribution is 2.26. The standard InChI is InChI=1S/C14H26N6/c1-4-7-16-12-9-13(18-14(15)17-12)20-8-5-6-11(20)10-19(2)3/h9,11H,4-8,10H2,1-3H3,(H3,15,16,17,18). The van der Waals surface area contributed by atoms with Crippen molar-refractivity contribution in [1.29, 1.82) is 0 Å². The number of nitrogens with zero attached hydrogens (tertiary/aromatic N) is 4. The van der Waals surface area contributed by atoms with E-state index in [4.69, 9.17) is 5.73 Å². The molecule has 1 aromatic heterocycles. The third kappa shape index (κ3) is 3.72. The van der Waals surface area contributed by atoms with Crippen molar-refractivity contribution >= 4 is 17.6 Å². The highest BCUT2D eigenvalue weighted by atomic mass is 15.3. The van der Waals surface area contributed by atoms with Gasteiger partial charge in [0.15, 0.2) is 0 Å². The van der Waals surface area contributed by atoms with Crippen LogP contribution in [-0.2, 0) is 0 Å². The molecule has 1 fully saturated rings. The SMILES string of the molecule is CCCNc1cc(N2CCCC2CN(C)C)nc(N)n1. The lowest BCUT2D eigenvalue weighted by Crippen LogP contribution is -2.38. The van der Waals surface area contributed by atoms with Gasteiger partial charge in [-0.15, -0.1) is 0 Å². The number of nitrogens with one attached hydrogen (secondary N) is 1. The molecule has 0 bridgehead atoms. The summed E-state index contributed by atoms with van der Waals surface area (Å²) < 4.78 is 0. The van der Waals surface area contributed by atoms with Gasteiger partial charge in [0.2, 0.25) is 5.95 Å². The largest absolute Gasteiger partial charge is 0.370 e. The molecule has 0 saturated carbocycles. The van der Waals surface area contributed by atoms with Crippen LogP contribution in [0.4, 0.5) is 17.6 Å². The Morgan fingerprint density at radius 2 is 2.25 bits per heavy atom. The van der Waals surface area contributed by atoms with Gasteiger partial charge < -0.3 is 20.9 Å². The molecule has 0 spiro atoms. The lowest BCUT2D eigenvalue weighted by molar-refractivity contribution is 0.371. The molecule has 2 rings (SSSR count). The first kappa shape index (κ1) is 14.8. The number of aromatic nitrogens is 2. The molecule has 3 N–H and O–H groups in total. The fraction of sp³-hybridized carbons (Fsp3) is 0.714. The van der Waals surface area contributed by atoms with Gasteiger partial charge in [0.05, 0.1) is 0 Å². The Kier molecular flexibility index (Phi) is 5.00. The van der Waals surface area contributed by atoms with Crippen molar-refractivity contribution in [3.63, 3.8) is 0 Å². The topological polar surface area (TPSA) is 70.3 Å². The predicted octanol–water partition coefficient (Wildman–Crippen LogP) is 1.41. The number of nitrogens with two attached hydrogens (primary N) is 1. The minimum Gasteiger partial charge on any atom is -0.370 e. The lowest BCUT2D eigenvalue weighted by atomic mass is 10.2. The molecule has 0 aromatic carbocycles. The average Bonchev–Trinajstić information content (AvgIpc) is 2.83. The Labute approximate surface area is 121 Å². The van der Waals surface area contributed by atoms with Crippen molar-refractivity contribution < 1.29 is 0 Å². The van der Waals surface area contributed by atoms with Gasteiger partial charge >= 0.3 is 0 Å². The maximum absolute atomic E-state index is 5.85.